The zero-order valence-electron chi connectivity index (χ0n) is 8.29. The molecule has 0 unspecified atom stereocenters. The molecule has 0 aliphatic carbocycles. The van der Waals surface area contributed by atoms with E-state index in [2.05, 4.69) is 4.98 Å². The monoisotopic (exact) mass is 212 g/mol. The number of pyridine rings is 1. The number of aromatic hydroxyl groups is 1. The molecule has 0 amide bonds. The van der Waals surface area contributed by atoms with Crippen LogP contribution in [0.3, 0.4) is 0 Å². The molecule has 1 aromatic heterocycles. The number of nitrogens with zero attached hydrogens (tertiary/aromatic N) is 2. The van der Waals surface area contributed by atoms with Crippen LogP contribution in [0, 0.1) is 11.3 Å². The molecule has 0 fully saturated rings. The quantitative estimate of drug-likeness (QED) is 0.830. The predicted molar refractivity (Wildman–Crippen MR) is 57.1 cm³/mol. The Morgan fingerprint density at radius 2 is 2.12 bits per heavy atom. The van der Waals surface area contributed by atoms with Crippen molar-refractivity contribution in [3.05, 3.63) is 48.2 Å². The summed E-state index contributed by atoms with van der Waals surface area (Å²) in [5, 5.41) is 17.8. The fourth-order valence-electron chi connectivity index (χ4n) is 1.17. The van der Waals surface area contributed by atoms with Crippen LogP contribution in [0.4, 0.5) is 0 Å². The third-order valence-corrected chi connectivity index (χ3v) is 1.91. The third kappa shape index (κ3) is 2.28. The fourth-order valence-corrected chi connectivity index (χ4v) is 1.17. The van der Waals surface area contributed by atoms with Gasteiger partial charge in [-0.2, -0.15) is 5.26 Å². The lowest BCUT2D eigenvalue weighted by molar-refractivity contribution is 0.445. The molecule has 0 aliphatic rings. The zero-order valence-corrected chi connectivity index (χ0v) is 8.29. The molecule has 2 rings (SSSR count). The molecule has 16 heavy (non-hydrogen) atoms. The van der Waals surface area contributed by atoms with Crippen molar-refractivity contribution < 1.29 is 9.84 Å². The van der Waals surface area contributed by atoms with Gasteiger partial charge in [-0.05, 0) is 18.2 Å². The minimum Gasteiger partial charge on any atom is -0.508 e. The van der Waals surface area contributed by atoms with Gasteiger partial charge >= 0.3 is 0 Å². The van der Waals surface area contributed by atoms with Crippen LogP contribution in [0.15, 0.2) is 42.6 Å². The number of benzene rings is 1. The van der Waals surface area contributed by atoms with E-state index in [9.17, 15) is 5.11 Å². The lowest BCUT2D eigenvalue weighted by Crippen LogP contribution is -1.87. The van der Waals surface area contributed by atoms with Gasteiger partial charge in [0, 0.05) is 18.3 Å². The molecule has 0 radical (unpaired) electrons. The average Bonchev–Trinajstić information content (AvgIpc) is 2.30. The predicted octanol–water partition coefficient (Wildman–Crippen LogP) is 2.45. The molecule has 0 atom stereocenters. The van der Waals surface area contributed by atoms with Crippen molar-refractivity contribution >= 4 is 0 Å². The molecule has 4 heteroatoms. The second-order valence-corrected chi connectivity index (χ2v) is 3.10. The van der Waals surface area contributed by atoms with Gasteiger partial charge in [-0.15, -0.1) is 0 Å². The number of phenols is 1. The highest BCUT2D eigenvalue weighted by atomic mass is 16.5. The summed E-state index contributed by atoms with van der Waals surface area (Å²) in [7, 11) is 0. The summed E-state index contributed by atoms with van der Waals surface area (Å²) >= 11 is 0. The summed E-state index contributed by atoms with van der Waals surface area (Å²) in [6.07, 6.45) is 1.43. The highest BCUT2D eigenvalue weighted by Gasteiger charge is 1.99. The maximum absolute atomic E-state index is 9.23. The normalized spacial score (nSPS) is 9.44. The Morgan fingerprint density at radius 3 is 2.75 bits per heavy atom. The van der Waals surface area contributed by atoms with Gasteiger partial charge in [0.1, 0.15) is 17.6 Å². The molecule has 0 spiro atoms. The van der Waals surface area contributed by atoms with Crippen molar-refractivity contribution in [3.8, 4) is 23.4 Å². The van der Waals surface area contributed by atoms with E-state index < -0.39 is 0 Å². The van der Waals surface area contributed by atoms with Crippen molar-refractivity contribution in [2.75, 3.05) is 0 Å². The highest BCUT2D eigenvalue weighted by Crippen LogP contribution is 2.22. The molecule has 1 N–H and O–H groups in total. The average molecular weight is 212 g/mol. The molecule has 0 saturated carbocycles. The van der Waals surface area contributed by atoms with Crippen LogP contribution in [-0.4, -0.2) is 10.1 Å². The van der Waals surface area contributed by atoms with Crippen molar-refractivity contribution in [2.45, 2.75) is 0 Å². The number of aromatic nitrogens is 1. The van der Waals surface area contributed by atoms with Gasteiger partial charge in [0.15, 0.2) is 0 Å². The van der Waals surface area contributed by atoms with Gasteiger partial charge in [0.05, 0.1) is 5.56 Å². The first-order valence-corrected chi connectivity index (χ1v) is 4.61. The van der Waals surface area contributed by atoms with E-state index in [0.29, 0.717) is 17.2 Å². The minimum absolute atomic E-state index is 0.131. The second kappa shape index (κ2) is 4.32. The van der Waals surface area contributed by atoms with Gasteiger partial charge in [-0.1, -0.05) is 6.07 Å². The van der Waals surface area contributed by atoms with Crippen molar-refractivity contribution in [2.24, 2.45) is 0 Å². The highest BCUT2D eigenvalue weighted by molar-refractivity contribution is 5.35. The number of nitriles is 1. The zero-order chi connectivity index (χ0) is 11.4. The van der Waals surface area contributed by atoms with Crippen LogP contribution in [0.5, 0.6) is 17.4 Å². The number of ether oxygens (including phenoxy) is 1. The lowest BCUT2D eigenvalue weighted by Gasteiger charge is -2.04. The standard InChI is InChI=1S/C12H8N2O2/c13-7-9-4-5-12(14-8-9)16-11-3-1-2-10(15)6-11/h1-6,8,15H. The van der Waals surface area contributed by atoms with Crippen molar-refractivity contribution in [1.82, 2.24) is 4.98 Å². The van der Waals surface area contributed by atoms with Crippen molar-refractivity contribution in [1.29, 1.82) is 5.26 Å². The van der Waals surface area contributed by atoms with E-state index in [0.717, 1.165) is 0 Å². The van der Waals surface area contributed by atoms with Gasteiger partial charge in [0.25, 0.3) is 0 Å². The first kappa shape index (κ1) is 9.99. The van der Waals surface area contributed by atoms with E-state index in [4.69, 9.17) is 10.00 Å². The summed E-state index contributed by atoms with van der Waals surface area (Å²) in [5.74, 6) is 1.01. The van der Waals surface area contributed by atoms with Crippen LogP contribution in [-0.2, 0) is 0 Å². The SMILES string of the molecule is N#Cc1ccc(Oc2cccc(O)c2)nc1. The maximum atomic E-state index is 9.23. The summed E-state index contributed by atoms with van der Waals surface area (Å²) in [6.45, 7) is 0. The number of hydrogen-bond donors (Lipinski definition) is 1. The Balaban J connectivity index is 2.18. The first-order chi connectivity index (χ1) is 7.78. The summed E-state index contributed by atoms with van der Waals surface area (Å²) in [4.78, 5) is 3.95. The molecular weight excluding hydrogens is 204 g/mol. The molecule has 0 bridgehead atoms. The third-order valence-electron chi connectivity index (χ3n) is 1.91. The number of rotatable bonds is 2. The second-order valence-electron chi connectivity index (χ2n) is 3.10. The Hall–Kier alpha value is -2.54. The molecular formula is C12H8N2O2. The summed E-state index contributed by atoms with van der Waals surface area (Å²) < 4.78 is 5.38. The molecule has 1 aromatic carbocycles. The van der Waals surface area contributed by atoms with E-state index in [1.165, 1.54) is 12.3 Å². The smallest absolute Gasteiger partial charge is 0.219 e. The number of phenolic OH excluding ortho intramolecular Hbond substituents is 1. The van der Waals surface area contributed by atoms with Gasteiger partial charge in [0.2, 0.25) is 5.88 Å². The fraction of sp³-hybridized carbons (Fsp3) is 0. The molecule has 4 nitrogen and oxygen atoms in total. The molecule has 2 aromatic rings. The lowest BCUT2D eigenvalue weighted by atomic mass is 10.3. The van der Waals surface area contributed by atoms with Crippen LogP contribution < -0.4 is 4.74 Å². The largest absolute Gasteiger partial charge is 0.508 e. The maximum Gasteiger partial charge on any atom is 0.219 e. The van der Waals surface area contributed by atoms with Gasteiger partial charge < -0.3 is 9.84 Å². The Labute approximate surface area is 92.4 Å². The van der Waals surface area contributed by atoms with E-state index in [-0.39, 0.29) is 5.75 Å². The van der Waals surface area contributed by atoms with Gasteiger partial charge in [-0.25, -0.2) is 4.98 Å². The Bertz CT molecular complexity index is 529. The molecule has 0 saturated heterocycles. The first-order valence-electron chi connectivity index (χ1n) is 4.61. The van der Waals surface area contributed by atoms with Crippen LogP contribution in [0.25, 0.3) is 0 Å². The Morgan fingerprint density at radius 1 is 1.25 bits per heavy atom. The van der Waals surface area contributed by atoms with E-state index in [1.807, 2.05) is 6.07 Å². The van der Waals surface area contributed by atoms with Crippen LogP contribution in [0.1, 0.15) is 5.56 Å². The molecule has 1 heterocycles. The molecule has 0 aliphatic heterocycles. The van der Waals surface area contributed by atoms with Crippen molar-refractivity contribution in [3.63, 3.8) is 0 Å². The van der Waals surface area contributed by atoms with Crippen LogP contribution >= 0.6 is 0 Å². The summed E-state index contributed by atoms with van der Waals surface area (Å²) in [6, 6.07) is 11.6. The minimum atomic E-state index is 0.131. The molecule has 78 valence electrons. The Kier molecular flexibility index (Phi) is 2.70. The van der Waals surface area contributed by atoms with E-state index in [1.54, 1.807) is 30.3 Å². The summed E-state index contributed by atoms with van der Waals surface area (Å²) in [5.41, 5.74) is 0.475. The van der Waals surface area contributed by atoms with Gasteiger partial charge in [-0.3, -0.25) is 0 Å². The van der Waals surface area contributed by atoms with E-state index >= 15 is 0 Å². The topological polar surface area (TPSA) is 66.1 Å². The van der Waals surface area contributed by atoms with Crippen LogP contribution in [0.2, 0.25) is 0 Å². The number of hydrogen-bond acceptors (Lipinski definition) is 4.